The molecule has 9 nitrogen and oxygen atoms in total. The molecule has 3 heterocycles. The molecule has 1 saturated heterocycles. The number of nitrogens with one attached hydrogen (secondary N) is 1. The second-order valence-electron chi connectivity index (χ2n) is 8.98. The molecule has 4 rings (SSSR count). The molecule has 0 amide bonds. The molecule has 1 unspecified atom stereocenters. The molecule has 0 saturated carbocycles. The van der Waals surface area contributed by atoms with E-state index in [1.54, 1.807) is 31.3 Å². The number of thiazole rings is 1. The van der Waals surface area contributed by atoms with E-state index in [1.807, 2.05) is 12.3 Å². The molecule has 1 aromatic heterocycles. The van der Waals surface area contributed by atoms with Crippen molar-refractivity contribution in [3.05, 3.63) is 61.7 Å². The van der Waals surface area contributed by atoms with Crippen LogP contribution in [0.25, 0.3) is 0 Å². The van der Waals surface area contributed by atoms with Crippen molar-refractivity contribution >= 4 is 52.3 Å². The van der Waals surface area contributed by atoms with Gasteiger partial charge < -0.3 is 19.9 Å². The number of ether oxygens (including phenoxy) is 2. The summed E-state index contributed by atoms with van der Waals surface area (Å²) < 4.78 is 11.0. The minimum atomic E-state index is -0.862. The largest absolute Gasteiger partial charge is 0.481 e. The predicted octanol–water partition coefficient (Wildman–Crippen LogP) is 4.17. The molecule has 2 N–H and O–H groups in total. The summed E-state index contributed by atoms with van der Waals surface area (Å²) >= 11 is 14.1. The van der Waals surface area contributed by atoms with E-state index in [0.717, 1.165) is 0 Å². The Morgan fingerprint density at radius 3 is 2.81 bits per heavy atom. The van der Waals surface area contributed by atoms with Gasteiger partial charge in [0, 0.05) is 52.0 Å². The zero-order valence-corrected chi connectivity index (χ0v) is 22.9. The van der Waals surface area contributed by atoms with Gasteiger partial charge in [-0.25, -0.2) is 9.78 Å². The first-order valence-corrected chi connectivity index (χ1v) is 13.4. The second kappa shape index (κ2) is 11.9. The number of aromatic nitrogens is 1. The number of carbonyl (C=O) groups excluding carboxylic acids is 1. The van der Waals surface area contributed by atoms with Gasteiger partial charge in [0.15, 0.2) is 10.8 Å². The molecule has 198 valence electrons. The van der Waals surface area contributed by atoms with Crippen molar-refractivity contribution in [3.63, 3.8) is 0 Å². The Morgan fingerprint density at radius 2 is 2.16 bits per heavy atom. The molecular weight excluding hydrogens is 539 g/mol. The number of hydrogen-bond donors (Lipinski definition) is 2. The number of rotatable bonds is 8. The highest BCUT2D eigenvalue weighted by Crippen LogP contribution is 2.38. The molecule has 4 atom stereocenters. The lowest BCUT2D eigenvalue weighted by Gasteiger charge is -2.42. The highest BCUT2D eigenvalue weighted by Gasteiger charge is 2.37. The highest BCUT2D eigenvalue weighted by molar-refractivity contribution is 7.11. The molecule has 12 heteroatoms. The number of morpholine rings is 1. The van der Waals surface area contributed by atoms with Crippen LogP contribution < -0.4 is 5.32 Å². The molecule has 37 heavy (non-hydrogen) atoms. The molecule has 2 aromatic rings. The quantitative estimate of drug-likeness (QED) is 0.458. The van der Waals surface area contributed by atoms with E-state index in [0.29, 0.717) is 63.8 Å². The lowest BCUT2D eigenvalue weighted by molar-refractivity contribution is -0.143. The summed E-state index contributed by atoms with van der Waals surface area (Å²) in [5.74, 6) is -1.46. The number of benzene rings is 1. The first-order chi connectivity index (χ1) is 17.7. The zero-order valence-electron chi connectivity index (χ0n) is 20.6. The molecule has 0 radical (unpaired) electrons. The van der Waals surface area contributed by atoms with Gasteiger partial charge in [-0.3, -0.25) is 14.7 Å². The molecule has 2 aliphatic rings. The van der Waals surface area contributed by atoms with Crippen LogP contribution in [0.5, 0.6) is 0 Å². The first kappa shape index (κ1) is 27.5. The number of esters is 1. The standard InChI is InChI=1S/C25H28Cl2N4O5S/c1-13(24(32)33)10-19-14(2)36-8-7-31(19)12-18-20(25(34)35-3)21(16-5-4-15(26)11-17(16)27)30-22(29-18)23-28-6-9-37-23/h4-6,9,11,13-14,19,21H,7-8,10,12H2,1-3H3,(H,29,30)(H,32,33)/t13?,14-,19-,21+/m1/s1. The number of methoxy groups -OCH3 is 1. The Labute approximate surface area is 229 Å². The average Bonchev–Trinajstić information content (AvgIpc) is 3.40. The number of aliphatic carboxylic acids is 1. The maximum Gasteiger partial charge on any atom is 0.338 e. The minimum absolute atomic E-state index is 0.173. The maximum absolute atomic E-state index is 13.2. The summed E-state index contributed by atoms with van der Waals surface area (Å²) in [6, 6.07) is 4.12. The number of hydrogen-bond acceptors (Lipinski definition) is 9. The Balaban J connectivity index is 1.79. The molecule has 0 spiro atoms. The van der Waals surface area contributed by atoms with Crippen LogP contribution in [0.3, 0.4) is 0 Å². The van der Waals surface area contributed by atoms with E-state index in [2.05, 4.69) is 15.2 Å². The third-order valence-electron chi connectivity index (χ3n) is 6.57. The van der Waals surface area contributed by atoms with E-state index < -0.39 is 23.9 Å². The average molecular weight is 567 g/mol. The number of carboxylic acids is 1. The maximum atomic E-state index is 13.2. The normalized spacial score (nSPS) is 23.3. The van der Waals surface area contributed by atoms with Crippen molar-refractivity contribution in [1.29, 1.82) is 0 Å². The van der Waals surface area contributed by atoms with Crippen LogP contribution >= 0.6 is 34.5 Å². The van der Waals surface area contributed by atoms with Gasteiger partial charge in [-0.15, -0.1) is 11.3 Å². The van der Waals surface area contributed by atoms with Crippen LogP contribution in [-0.4, -0.2) is 71.7 Å². The van der Waals surface area contributed by atoms with Crippen LogP contribution in [0.4, 0.5) is 0 Å². The number of nitrogens with zero attached hydrogens (tertiary/aromatic N) is 3. The van der Waals surface area contributed by atoms with Crippen molar-refractivity contribution in [2.24, 2.45) is 10.9 Å². The van der Waals surface area contributed by atoms with Crippen LogP contribution in [-0.2, 0) is 19.1 Å². The Morgan fingerprint density at radius 1 is 1.38 bits per heavy atom. The monoisotopic (exact) mass is 566 g/mol. The van der Waals surface area contributed by atoms with Crippen molar-refractivity contribution in [3.8, 4) is 0 Å². The summed E-state index contributed by atoms with van der Waals surface area (Å²) in [4.78, 5) is 36.2. The fraction of sp³-hybridized carbons (Fsp3) is 0.440. The number of aliphatic imine (C=N–C) groups is 1. The topological polar surface area (TPSA) is 113 Å². The molecule has 0 bridgehead atoms. The van der Waals surface area contributed by atoms with Gasteiger partial charge in [0.25, 0.3) is 0 Å². The van der Waals surface area contributed by atoms with Crippen molar-refractivity contribution in [2.75, 3.05) is 26.8 Å². The fourth-order valence-corrected chi connectivity index (χ4v) is 5.70. The van der Waals surface area contributed by atoms with E-state index in [-0.39, 0.29) is 12.1 Å². The van der Waals surface area contributed by atoms with Crippen LogP contribution in [0.15, 0.2) is 46.0 Å². The van der Waals surface area contributed by atoms with Gasteiger partial charge in [-0.05, 0) is 25.5 Å². The lowest BCUT2D eigenvalue weighted by Crippen LogP contribution is -2.53. The van der Waals surface area contributed by atoms with Crippen molar-refractivity contribution in [2.45, 2.75) is 38.5 Å². The van der Waals surface area contributed by atoms with E-state index in [9.17, 15) is 14.7 Å². The SMILES string of the molecule is COC(=O)C1=C(CN2CCO[C@H](C)[C@H]2CC(C)C(=O)O)NC(c2nccs2)=N[C@H]1c1ccc(Cl)cc1Cl. The van der Waals surface area contributed by atoms with Gasteiger partial charge in [0.2, 0.25) is 0 Å². The molecule has 2 aliphatic heterocycles. The van der Waals surface area contributed by atoms with Gasteiger partial charge >= 0.3 is 11.9 Å². The highest BCUT2D eigenvalue weighted by atomic mass is 35.5. The number of amidine groups is 1. The van der Waals surface area contributed by atoms with E-state index in [4.69, 9.17) is 37.7 Å². The van der Waals surface area contributed by atoms with Crippen LogP contribution in [0.2, 0.25) is 10.0 Å². The Kier molecular flexibility index (Phi) is 8.86. The third-order valence-corrected chi connectivity index (χ3v) is 7.91. The van der Waals surface area contributed by atoms with Gasteiger partial charge in [-0.2, -0.15) is 0 Å². The molecule has 0 aliphatic carbocycles. The van der Waals surface area contributed by atoms with Crippen LogP contribution in [0, 0.1) is 5.92 Å². The fourth-order valence-electron chi connectivity index (χ4n) is 4.60. The molecular formula is C25H28Cl2N4O5S. The number of carbonyl (C=O) groups is 2. The Bertz CT molecular complexity index is 1220. The molecule has 1 aromatic carbocycles. The summed E-state index contributed by atoms with van der Waals surface area (Å²) in [5.41, 5.74) is 1.51. The molecule has 1 fully saturated rings. The summed E-state index contributed by atoms with van der Waals surface area (Å²) in [7, 11) is 1.32. The summed E-state index contributed by atoms with van der Waals surface area (Å²) in [5, 5.41) is 16.2. The Hall–Kier alpha value is -2.50. The predicted molar refractivity (Wildman–Crippen MR) is 142 cm³/mol. The van der Waals surface area contributed by atoms with E-state index >= 15 is 0 Å². The van der Waals surface area contributed by atoms with E-state index in [1.165, 1.54) is 18.4 Å². The second-order valence-corrected chi connectivity index (χ2v) is 10.7. The number of halogens is 2. The van der Waals surface area contributed by atoms with Crippen LogP contribution in [0.1, 0.15) is 36.9 Å². The number of carboxylic acid groups (broad SMARTS) is 1. The smallest absolute Gasteiger partial charge is 0.338 e. The van der Waals surface area contributed by atoms with Gasteiger partial charge in [-0.1, -0.05) is 36.2 Å². The first-order valence-electron chi connectivity index (χ1n) is 11.8. The lowest BCUT2D eigenvalue weighted by atomic mass is 9.93. The zero-order chi connectivity index (χ0) is 26.7. The van der Waals surface area contributed by atoms with Gasteiger partial charge in [0.1, 0.15) is 6.04 Å². The van der Waals surface area contributed by atoms with Crippen molar-refractivity contribution < 1.29 is 24.2 Å². The minimum Gasteiger partial charge on any atom is -0.481 e. The van der Waals surface area contributed by atoms with Crippen molar-refractivity contribution in [1.82, 2.24) is 15.2 Å². The summed E-state index contributed by atoms with van der Waals surface area (Å²) in [6.45, 7) is 5.00. The third kappa shape index (κ3) is 6.15. The van der Waals surface area contributed by atoms with Gasteiger partial charge in [0.05, 0.1) is 31.3 Å². The summed E-state index contributed by atoms with van der Waals surface area (Å²) in [6.07, 6.45) is 1.90.